The Morgan fingerprint density at radius 3 is 2.71 bits per heavy atom. The Morgan fingerprint density at radius 2 is 2.00 bits per heavy atom. The smallest absolute Gasteiger partial charge is 0.126 e. The average Bonchev–Trinajstić information content (AvgIpc) is 2.35. The minimum absolute atomic E-state index is 0.223. The van der Waals surface area contributed by atoms with Gasteiger partial charge in [-0.2, -0.15) is 0 Å². The van der Waals surface area contributed by atoms with Crippen molar-refractivity contribution >= 4 is 0 Å². The van der Waals surface area contributed by atoms with Crippen molar-refractivity contribution in [3.05, 3.63) is 65.5 Å². The van der Waals surface area contributed by atoms with Crippen LogP contribution in [0.15, 0.2) is 42.6 Å². The van der Waals surface area contributed by atoms with E-state index in [0.717, 1.165) is 18.2 Å². The minimum atomic E-state index is -0.463. The molecule has 1 atom stereocenters. The second-order valence-corrected chi connectivity index (χ2v) is 3.80. The third kappa shape index (κ3) is 2.85. The van der Waals surface area contributed by atoms with E-state index >= 15 is 0 Å². The number of benzene rings is 1. The fourth-order valence-electron chi connectivity index (χ4n) is 1.64. The number of aromatic nitrogens is 1. The van der Waals surface area contributed by atoms with Crippen LogP contribution in [0.5, 0.6) is 0 Å². The summed E-state index contributed by atoms with van der Waals surface area (Å²) in [5, 5.41) is 0. The molecule has 1 heterocycles. The average molecular weight is 234 g/mol. The molecule has 2 rings (SSSR count). The van der Waals surface area contributed by atoms with E-state index in [-0.39, 0.29) is 12.0 Å². The molecule has 1 aromatic heterocycles. The van der Waals surface area contributed by atoms with Crippen LogP contribution < -0.4 is 5.73 Å². The van der Waals surface area contributed by atoms with Gasteiger partial charge < -0.3 is 5.73 Å². The zero-order valence-electron chi connectivity index (χ0n) is 9.11. The molecule has 0 aliphatic carbocycles. The van der Waals surface area contributed by atoms with Crippen molar-refractivity contribution in [1.29, 1.82) is 0 Å². The second-order valence-electron chi connectivity index (χ2n) is 3.80. The van der Waals surface area contributed by atoms with Gasteiger partial charge in [0.15, 0.2) is 0 Å². The van der Waals surface area contributed by atoms with Gasteiger partial charge in [-0.3, -0.25) is 4.98 Å². The quantitative estimate of drug-likeness (QED) is 0.886. The summed E-state index contributed by atoms with van der Waals surface area (Å²) in [6.07, 6.45) is 1.84. The Morgan fingerprint density at radius 1 is 1.18 bits per heavy atom. The molecule has 0 fully saturated rings. The maximum atomic E-state index is 13.4. The highest BCUT2D eigenvalue weighted by Crippen LogP contribution is 2.17. The molecule has 1 unspecified atom stereocenters. The number of nitrogens with two attached hydrogens (primary N) is 1. The van der Waals surface area contributed by atoms with Crippen LogP contribution in [-0.2, 0) is 6.42 Å². The number of nitrogens with zero attached hydrogens (tertiary/aromatic N) is 1. The summed E-state index contributed by atoms with van der Waals surface area (Å²) in [5.41, 5.74) is 6.82. The van der Waals surface area contributed by atoms with Gasteiger partial charge in [-0.15, -0.1) is 0 Å². The van der Waals surface area contributed by atoms with Crippen molar-refractivity contribution in [2.24, 2.45) is 5.73 Å². The molecule has 2 nitrogen and oxygen atoms in total. The lowest BCUT2D eigenvalue weighted by atomic mass is 10.0. The fourth-order valence-corrected chi connectivity index (χ4v) is 1.64. The van der Waals surface area contributed by atoms with E-state index in [1.807, 2.05) is 6.07 Å². The fraction of sp³-hybridized carbons (Fsp3) is 0.154. The molecule has 0 saturated carbocycles. The van der Waals surface area contributed by atoms with Crippen molar-refractivity contribution < 1.29 is 8.78 Å². The molecule has 2 N–H and O–H groups in total. The van der Waals surface area contributed by atoms with E-state index < -0.39 is 17.7 Å². The first-order valence-corrected chi connectivity index (χ1v) is 5.27. The molecule has 2 aromatic rings. The molecular weight excluding hydrogens is 222 g/mol. The number of halogens is 2. The van der Waals surface area contributed by atoms with E-state index in [2.05, 4.69) is 4.98 Å². The van der Waals surface area contributed by atoms with Crippen LogP contribution in [0.25, 0.3) is 0 Å². The number of pyridine rings is 1. The summed E-state index contributed by atoms with van der Waals surface area (Å²) in [4.78, 5) is 4.09. The van der Waals surface area contributed by atoms with Crippen LogP contribution in [0.3, 0.4) is 0 Å². The van der Waals surface area contributed by atoms with Crippen molar-refractivity contribution in [1.82, 2.24) is 4.98 Å². The molecular formula is C13H12F2N2. The summed E-state index contributed by atoms with van der Waals surface area (Å²) in [5.74, 6) is -0.910. The van der Waals surface area contributed by atoms with Gasteiger partial charge in [0, 0.05) is 6.20 Å². The highest BCUT2D eigenvalue weighted by Gasteiger charge is 2.11. The SMILES string of the molecule is NC(Cc1cc(F)ccc1F)c1ccccn1. The zero-order valence-corrected chi connectivity index (χ0v) is 9.11. The Kier molecular flexibility index (Phi) is 3.44. The summed E-state index contributed by atoms with van der Waals surface area (Å²) in [6, 6.07) is 8.27. The zero-order chi connectivity index (χ0) is 12.3. The van der Waals surface area contributed by atoms with Gasteiger partial charge in [0.25, 0.3) is 0 Å². The third-order valence-electron chi connectivity index (χ3n) is 2.52. The standard InChI is InChI=1S/C13H12F2N2/c14-10-4-5-11(15)9(7-10)8-12(16)13-3-1-2-6-17-13/h1-7,12H,8,16H2. The first-order valence-electron chi connectivity index (χ1n) is 5.27. The van der Waals surface area contributed by atoms with Crippen LogP contribution in [0.4, 0.5) is 8.78 Å². The van der Waals surface area contributed by atoms with Crippen LogP contribution in [-0.4, -0.2) is 4.98 Å². The predicted molar refractivity (Wildman–Crippen MR) is 61.2 cm³/mol. The van der Waals surface area contributed by atoms with Gasteiger partial charge in [0.1, 0.15) is 11.6 Å². The second kappa shape index (κ2) is 5.01. The van der Waals surface area contributed by atoms with Crippen molar-refractivity contribution in [3.63, 3.8) is 0 Å². The molecule has 0 bridgehead atoms. The Bertz CT molecular complexity index is 500. The lowest BCUT2D eigenvalue weighted by Crippen LogP contribution is -2.15. The Hall–Kier alpha value is -1.81. The van der Waals surface area contributed by atoms with E-state index in [1.165, 1.54) is 0 Å². The monoisotopic (exact) mass is 234 g/mol. The minimum Gasteiger partial charge on any atom is -0.322 e. The third-order valence-corrected chi connectivity index (χ3v) is 2.52. The lowest BCUT2D eigenvalue weighted by molar-refractivity contribution is 0.570. The van der Waals surface area contributed by atoms with Gasteiger partial charge >= 0.3 is 0 Å². The van der Waals surface area contributed by atoms with Crippen LogP contribution in [0.2, 0.25) is 0 Å². The highest BCUT2D eigenvalue weighted by molar-refractivity contribution is 5.21. The van der Waals surface area contributed by atoms with E-state index in [1.54, 1.807) is 18.3 Å². The number of hydrogen-bond acceptors (Lipinski definition) is 2. The van der Waals surface area contributed by atoms with E-state index in [0.29, 0.717) is 5.69 Å². The van der Waals surface area contributed by atoms with Crippen LogP contribution >= 0.6 is 0 Å². The van der Waals surface area contributed by atoms with Crippen molar-refractivity contribution in [3.8, 4) is 0 Å². The van der Waals surface area contributed by atoms with Gasteiger partial charge in [0.2, 0.25) is 0 Å². The Balaban J connectivity index is 2.18. The van der Waals surface area contributed by atoms with Gasteiger partial charge in [-0.05, 0) is 42.3 Å². The number of hydrogen-bond donors (Lipinski definition) is 1. The molecule has 0 spiro atoms. The van der Waals surface area contributed by atoms with E-state index in [9.17, 15) is 8.78 Å². The Labute approximate surface area is 98.1 Å². The van der Waals surface area contributed by atoms with Crippen LogP contribution in [0.1, 0.15) is 17.3 Å². The largest absolute Gasteiger partial charge is 0.322 e. The van der Waals surface area contributed by atoms with Crippen molar-refractivity contribution in [2.45, 2.75) is 12.5 Å². The maximum Gasteiger partial charge on any atom is 0.126 e. The van der Waals surface area contributed by atoms with Gasteiger partial charge in [0.05, 0.1) is 11.7 Å². The summed E-state index contributed by atoms with van der Waals surface area (Å²) < 4.78 is 26.4. The first kappa shape index (κ1) is 11.7. The summed E-state index contributed by atoms with van der Waals surface area (Å²) in [7, 11) is 0. The normalized spacial score (nSPS) is 12.4. The maximum absolute atomic E-state index is 13.4. The molecule has 0 radical (unpaired) electrons. The lowest BCUT2D eigenvalue weighted by Gasteiger charge is -2.11. The molecule has 0 aliphatic rings. The summed E-state index contributed by atoms with van der Waals surface area (Å²) in [6.45, 7) is 0. The molecule has 88 valence electrons. The van der Waals surface area contributed by atoms with Gasteiger partial charge in [-0.25, -0.2) is 8.78 Å². The molecule has 0 amide bonds. The molecule has 4 heteroatoms. The van der Waals surface area contributed by atoms with Crippen LogP contribution in [0, 0.1) is 11.6 Å². The van der Waals surface area contributed by atoms with Crippen molar-refractivity contribution in [2.75, 3.05) is 0 Å². The molecule has 0 aliphatic heterocycles. The predicted octanol–water partition coefficient (Wildman–Crippen LogP) is 2.60. The molecule has 1 aromatic carbocycles. The topological polar surface area (TPSA) is 38.9 Å². The molecule has 0 saturated heterocycles. The summed E-state index contributed by atoms with van der Waals surface area (Å²) >= 11 is 0. The first-order chi connectivity index (χ1) is 8.16. The molecule has 17 heavy (non-hydrogen) atoms. The van der Waals surface area contributed by atoms with E-state index in [4.69, 9.17) is 5.73 Å². The number of rotatable bonds is 3. The highest BCUT2D eigenvalue weighted by atomic mass is 19.1. The van der Waals surface area contributed by atoms with Gasteiger partial charge in [-0.1, -0.05) is 6.07 Å².